The van der Waals surface area contributed by atoms with Crippen LogP contribution in [0.15, 0.2) is 0 Å². The molecular weight excluding hydrogens is 151 g/mol. The van der Waals surface area contributed by atoms with E-state index in [4.69, 9.17) is 9.84 Å². The van der Waals surface area contributed by atoms with E-state index in [1.54, 1.807) is 0 Å². The van der Waals surface area contributed by atoms with E-state index in [9.17, 15) is 9.18 Å². The second-order valence-corrected chi connectivity index (χ2v) is 2.56. The van der Waals surface area contributed by atoms with E-state index < -0.39 is 18.1 Å². The van der Waals surface area contributed by atoms with Gasteiger partial charge in [-0.15, -0.1) is 0 Å². The molecule has 4 heteroatoms. The number of rotatable bonds is 5. The molecule has 0 spiro atoms. The molecule has 0 amide bonds. The van der Waals surface area contributed by atoms with Gasteiger partial charge in [-0.1, -0.05) is 0 Å². The summed E-state index contributed by atoms with van der Waals surface area (Å²) in [5.41, 5.74) is 0. The van der Waals surface area contributed by atoms with Crippen LogP contribution < -0.4 is 0 Å². The lowest BCUT2D eigenvalue weighted by Gasteiger charge is -2.07. The molecule has 0 aliphatic rings. The van der Waals surface area contributed by atoms with Gasteiger partial charge in [0.15, 0.2) is 0 Å². The fourth-order valence-corrected chi connectivity index (χ4v) is 0.479. The number of ether oxygens (including phenoxy) is 1. The number of hydrogen-bond donors (Lipinski definition) is 1. The quantitative estimate of drug-likeness (QED) is 0.661. The Morgan fingerprint density at radius 1 is 1.55 bits per heavy atom. The molecule has 66 valence electrons. The molecule has 0 bridgehead atoms. The summed E-state index contributed by atoms with van der Waals surface area (Å²) in [6, 6.07) is 0. The molecule has 0 aromatic rings. The first kappa shape index (κ1) is 10.4. The van der Waals surface area contributed by atoms with Gasteiger partial charge in [-0.2, -0.15) is 0 Å². The fraction of sp³-hybridized carbons (Fsp3) is 0.857. The van der Waals surface area contributed by atoms with Gasteiger partial charge in [0, 0.05) is 0 Å². The largest absolute Gasteiger partial charge is 0.481 e. The van der Waals surface area contributed by atoms with Crippen LogP contribution in [-0.4, -0.2) is 30.5 Å². The molecular formula is C7H13FO3. The number of hydrogen-bond acceptors (Lipinski definition) is 2. The van der Waals surface area contributed by atoms with Crippen LogP contribution in [0.2, 0.25) is 0 Å². The first-order valence-electron chi connectivity index (χ1n) is 3.48. The van der Waals surface area contributed by atoms with Crippen molar-refractivity contribution in [3.05, 3.63) is 0 Å². The Hall–Kier alpha value is -0.640. The summed E-state index contributed by atoms with van der Waals surface area (Å²) in [5, 5.41) is 8.37. The zero-order valence-corrected chi connectivity index (χ0v) is 6.71. The van der Waals surface area contributed by atoms with E-state index in [0.29, 0.717) is 0 Å². The van der Waals surface area contributed by atoms with Crippen LogP contribution in [-0.2, 0) is 9.53 Å². The predicted octanol–water partition coefficient (Wildman–Crippen LogP) is 1.08. The van der Waals surface area contributed by atoms with E-state index >= 15 is 0 Å². The second kappa shape index (κ2) is 5.07. The molecule has 0 aliphatic carbocycles. The van der Waals surface area contributed by atoms with E-state index in [1.165, 1.54) is 13.8 Å². The lowest BCUT2D eigenvalue weighted by atomic mass is 10.2. The molecule has 0 saturated heterocycles. The number of carboxylic acids is 1. The Balaban J connectivity index is 3.31. The zero-order valence-electron chi connectivity index (χ0n) is 6.71. The molecule has 1 N–H and O–H groups in total. The van der Waals surface area contributed by atoms with Crippen molar-refractivity contribution in [3.8, 4) is 0 Å². The van der Waals surface area contributed by atoms with Crippen LogP contribution in [0.4, 0.5) is 4.39 Å². The first-order chi connectivity index (χ1) is 5.04. The molecule has 0 heterocycles. The van der Waals surface area contributed by atoms with Crippen molar-refractivity contribution in [2.45, 2.75) is 20.0 Å². The van der Waals surface area contributed by atoms with Crippen molar-refractivity contribution in [2.24, 2.45) is 5.92 Å². The highest BCUT2D eigenvalue weighted by molar-refractivity contribution is 5.69. The molecule has 2 atom stereocenters. The maximum atomic E-state index is 12.1. The van der Waals surface area contributed by atoms with Crippen molar-refractivity contribution in [1.29, 1.82) is 0 Å². The molecule has 3 nitrogen and oxygen atoms in total. The Labute approximate surface area is 65.2 Å². The fourth-order valence-electron chi connectivity index (χ4n) is 0.479. The topological polar surface area (TPSA) is 46.5 Å². The Morgan fingerprint density at radius 3 is 2.45 bits per heavy atom. The predicted molar refractivity (Wildman–Crippen MR) is 38.2 cm³/mol. The van der Waals surface area contributed by atoms with E-state index in [0.717, 1.165) is 0 Å². The summed E-state index contributed by atoms with van der Waals surface area (Å²) >= 11 is 0. The van der Waals surface area contributed by atoms with Crippen LogP contribution in [0, 0.1) is 5.92 Å². The highest BCUT2D eigenvalue weighted by atomic mass is 19.1. The summed E-state index contributed by atoms with van der Waals surface area (Å²) in [7, 11) is 0. The second-order valence-electron chi connectivity index (χ2n) is 2.56. The molecule has 2 unspecified atom stereocenters. The van der Waals surface area contributed by atoms with E-state index in [-0.39, 0.29) is 13.2 Å². The summed E-state index contributed by atoms with van der Waals surface area (Å²) in [4.78, 5) is 10.2. The Morgan fingerprint density at radius 2 is 2.09 bits per heavy atom. The molecule has 0 radical (unpaired) electrons. The average Bonchev–Trinajstić information content (AvgIpc) is 1.86. The minimum atomic E-state index is -1.03. The summed E-state index contributed by atoms with van der Waals surface area (Å²) in [6.07, 6.45) is -1.03. The Bertz CT molecular complexity index is 125. The Kier molecular flexibility index (Phi) is 4.77. The normalized spacial score (nSPS) is 15.9. The lowest BCUT2D eigenvalue weighted by Crippen LogP contribution is -2.18. The SMILES string of the molecule is CC(F)COCC(C)C(=O)O. The molecule has 0 fully saturated rings. The monoisotopic (exact) mass is 164 g/mol. The van der Waals surface area contributed by atoms with Crippen molar-refractivity contribution >= 4 is 5.97 Å². The average molecular weight is 164 g/mol. The minimum absolute atomic E-state index is 0.0301. The van der Waals surface area contributed by atoms with Crippen LogP contribution in [0.5, 0.6) is 0 Å². The number of carboxylic acid groups (broad SMARTS) is 1. The van der Waals surface area contributed by atoms with Crippen LogP contribution in [0.3, 0.4) is 0 Å². The smallest absolute Gasteiger partial charge is 0.308 e. The highest BCUT2D eigenvalue weighted by Gasteiger charge is 2.10. The van der Waals surface area contributed by atoms with Gasteiger partial charge < -0.3 is 9.84 Å². The molecule has 11 heavy (non-hydrogen) atoms. The molecule has 0 rings (SSSR count). The van der Waals surface area contributed by atoms with E-state index in [1.807, 2.05) is 0 Å². The van der Waals surface area contributed by atoms with Crippen molar-refractivity contribution < 1.29 is 19.0 Å². The molecule has 0 aromatic carbocycles. The number of alkyl halides is 1. The third-order valence-corrected chi connectivity index (χ3v) is 1.14. The van der Waals surface area contributed by atoms with Gasteiger partial charge in [0.1, 0.15) is 6.17 Å². The maximum Gasteiger partial charge on any atom is 0.308 e. The molecule has 0 aromatic heterocycles. The van der Waals surface area contributed by atoms with Gasteiger partial charge in [0.2, 0.25) is 0 Å². The van der Waals surface area contributed by atoms with Gasteiger partial charge in [-0.25, -0.2) is 4.39 Å². The number of carbonyl (C=O) groups is 1. The van der Waals surface area contributed by atoms with Crippen molar-refractivity contribution in [2.75, 3.05) is 13.2 Å². The maximum absolute atomic E-state index is 12.1. The van der Waals surface area contributed by atoms with Gasteiger partial charge in [0.25, 0.3) is 0 Å². The standard InChI is InChI=1S/C7H13FO3/c1-5(7(9)10)3-11-4-6(2)8/h5-6H,3-4H2,1-2H3,(H,9,10). The third-order valence-electron chi connectivity index (χ3n) is 1.14. The van der Waals surface area contributed by atoms with Gasteiger partial charge in [-0.3, -0.25) is 4.79 Å². The van der Waals surface area contributed by atoms with Crippen LogP contribution in [0.25, 0.3) is 0 Å². The summed E-state index contributed by atoms with van der Waals surface area (Å²) < 4.78 is 16.8. The molecule has 0 aliphatic heterocycles. The third kappa shape index (κ3) is 5.79. The summed E-state index contributed by atoms with van der Waals surface area (Å²) in [6.45, 7) is 2.93. The number of halogens is 1. The van der Waals surface area contributed by atoms with Gasteiger partial charge >= 0.3 is 5.97 Å². The van der Waals surface area contributed by atoms with Gasteiger partial charge in [0.05, 0.1) is 19.1 Å². The lowest BCUT2D eigenvalue weighted by molar-refractivity contribution is -0.143. The highest BCUT2D eigenvalue weighted by Crippen LogP contribution is 1.97. The van der Waals surface area contributed by atoms with Crippen LogP contribution in [0.1, 0.15) is 13.8 Å². The first-order valence-corrected chi connectivity index (χ1v) is 3.48. The van der Waals surface area contributed by atoms with Crippen molar-refractivity contribution in [1.82, 2.24) is 0 Å². The zero-order chi connectivity index (χ0) is 8.85. The van der Waals surface area contributed by atoms with E-state index in [2.05, 4.69) is 0 Å². The van der Waals surface area contributed by atoms with Gasteiger partial charge in [-0.05, 0) is 13.8 Å². The minimum Gasteiger partial charge on any atom is -0.481 e. The van der Waals surface area contributed by atoms with Crippen molar-refractivity contribution in [3.63, 3.8) is 0 Å². The summed E-state index contributed by atoms with van der Waals surface area (Å²) in [5.74, 6) is -1.48. The van der Waals surface area contributed by atoms with Crippen LogP contribution >= 0.6 is 0 Å². The molecule has 0 saturated carbocycles. The number of aliphatic carboxylic acids is 1.